The van der Waals surface area contributed by atoms with E-state index in [9.17, 15) is 9.59 Å². The molecule has 0 aliphatic carbocycles. The molecule has 0 fully saturated rings. The minimum absolute atomic E-state index is 0.359. The van der Waals surface area contributed by atoms with E-state index in [2.05, 4.69) is 10.2 Å². The lowest BCUT2D eigenvalue weighted by molar-refractivity contribution is -0.147. The van der Waals surface area contributed by atoms with Crippen LogP contribution in [0.15, 0.2) is 24.4 Å². The predicted molar refractivity (Wildman–Crippen MR) is 69.9 cm³/mol. The van der Waals surface area contributed by atoms with Gasteiger partial charge < -0.3 is 10.0 Å². The van der Waals surface area contributed by atoms with Gasteiger partial charge in [0.05, 0.1) is 17.3 Å². The maximum absolute atomic E-state index is 12.4. The Kier molecular flexibility index (Phi) is 3.01. The average molecular weight is 261 g/mol. The lowest BCUT2D eigenvalue weighted by Crippen LogP contribution is -2.50. The van der Waals surface area contributed by atoms with Crippen LogP contribution in [0.5, 0.6) is 0 Å². The Morgan fingerprint density at radius 3 is 2.68 bits per heavy atom. The van der Waals surface area contributed by atoms with Gasteiger partial charge in [-0.25, -0.2) is 4.79 Å². The van der Waals surface area contributed by atoms with Crippen molar-refractivity contribution in [2.45, 2.75) is 19.4 Å². The summed E-state index contributed by atoms with van der Waals surface area (Å²) < 4.78 is 0. The molecule has 0 atom stereocenters. The van der Waals surface area contributed by atoms with Gasteiger partial charge in [-0.2, -0.15) is 5.10 Å². The molecule has 100 valence electrons. The first-order chi connectivity index (χ1) is 8.85. The fraction of sp³-hybridized carbons (Fsp3) is 0.308. The number of carbonyl (C=O) groups excluding carboxylic acids is 1. The predicted octanol–water partition coefficient (Wildman–Crippen LogP) is 1.50. The number of nitrogens with zero attached hydrogens (tertiary/aromatic N) is 2. The van der Waals surface area contributed by atoms with E-state index in [-0.39, 0.29) is 5.91 Å². The number of likely N-dealkylation sites (N-methyl/N-ethyl adjacent to an activating group) is 1. The number of para-hydroxylation sites is 1. The zero-order valence-electron chi connectivity index (χ0n) is 11.0. The molecule has 1 aromatic heterocycles. The van der Waals surface area contributed by atoms with Crippen molar-refractivity contribution < 1.29 is 14.7 Å². The van der Waals surface area contributed by atoms with E-state index < -0.39 is 11.5 Å². The number of hydrogen-bond donors (Lipinski definition) is 2. The number of rotatable bonds is 3. The standard InChI is InChI=1S/C13H15N3O3/c1-13(2,12(18)19)16(3)11(17)9-6-4-5-8-7-14-15-10(8)9/h4-7H,1-3H3,(H,14,15)(H,18,19). The highest BCUT2D eigenvalue weighted by atomic mass is 16.4. The first kappa shape index (κ1) is 13.1. The molecular formula is C13H15N3O3. The van der Waals surface area contributed by atoms with E-state index in [1.54, 1.807) is 18.3 Å². The Labute approximate surface area is 110 Å². The van der Waals surface area contributed by atoms with E-state index in [1.165, 1.54) is 25.8 Å². The quantitative estimate of drug-likeness (QED) is 0.876. The second-order valence-electron chi connectivity index (χ2n) is 4.87. The van der Waals surface area contributed by atoms with Crippen LogP contribution in [0.3, 0.4) is 0 Å². The Bertz CT molecular complexity index is 645. The molecule has 0 spiro atoms. The van der Waals surface area contributed by atoms with Gasteiger partial charge in [-0.3, -0.25) is 9.89 Å². The van der Waals surface area contributed by atoms with Crippen LogP contribution in [-0.2, 0) is 4.79 Å². The van der Waals surface area contributed by atoms with Crippen molar-refractivity contribution in [1.82, 2.24) is 15.1 Å². The van der Waals surface area contributed by atoms with E-state index in [4.69, 9.17) is 5.11 Å². The summed E-state index contributed by atoms with van der Waals surface area (Å²) in [5, 5.41) is 16.6. The molecule has 0 bridgehead atoms. The molecule has 6 heteroatoms. The number of benzene rings is 1. The molecule has 0 saturated carbocycles. The van der Waals surface area contributed by atoms with Crippen LogP contribution < -0.4 is 0 Å². The van der Waals surface area contributed by atoms with Gasteiger partial charge in [0.15, 0.2) is 0 Å². The van der Waals surface area contributed by atoms with Crippen molar-refractivity contribution >= 4 is 22.8 Å². The summed E-state index contributed by atoms with van der Waals surface area (Å²) in [6.45, 7) is 2.97. The highest BCUT2D eigenvalue weighted by Gasteiger charge is 2.36. The van der Waals surface area contributed by atoms with Crippen molar-refractivity contribution in [2.75, 3.05) is 7.05 Å². The number of carboxylic acids is 1. The third-order valence-electron chi connectivity index (χ3n) is 3.37. The summed E-state index contributed by atoms with van der Waals surface area (Å²) in [7, 11) is 1.48. The van der Waals surface area contributed by atoms with Crippen molar-refractivity contribution in [3.63, 3.8) is 0 Å². The third kappa shape index (κ3) is 2.05. The number of aliphatic carboxylic acids is 1. The minimum atomic E-state index is -1.28. The number of H-pyrrole nitrogens is 1. The second-order valence-corrected chi connectivity index (χ2v) is 4.87. The summed E-state index contributed by atoms with van der Waals surface area (Å²) in [5.74, 6) is -1.41. The van der Waals surface area contributed by atoms with Crippen LogP contribution >= 0.6 is 0 Å². The van der Waals surface area contributed by atoms with Gasteiger partial charge >= 0.3 is 5.97 Å². The van der Waals surface area contributed by atoms with E-state index in [0.29, 0.717) is 11.1 Å². The second kappa shape index (κ2) is 4.38. The summed E-state index contributed by atoms with van der Waals surface area (Å²) in [5.41, 5.74) is -0.258. The van der Waals surface area contributed by atoms with Crippen LogP contribution in [0.1, 0.15) is 24.2 Å². The normalized spacial score (nSPS) is 11.5. The summed E-state index contributed by atoms with van der Waals surface area (Å²) in [6.07, 6.45) is 1.62. The molecular weight excluding hydrogens is 246 g/mol. The highest BCUT2D eigenvalue weighted by molar-refractivity contribution is 6.06. The molecule has 19 heavy (non-hydrogen) atoms. The lowest BCUT2D eigenvalue weighted by atomic mass is 10.0. The number of aromatic amines is 1. The van der Waals surface area contributed by atoms with Crippen molar-refractivity contribution in [3.05, 3.63) is 30.0 Å². The SMILES string of the molecule is CN(C(=O)c1cccc2cn[nH]c12)C(C)(C)C(=O)O. The number of hydrogen-bond acceptors (Lipinski definition) is 3. The van der Waals surface area contributed by atoms with Crippen LogP contribution in [0.4, 0.5) is 0 Å². The molecule has 0 aliphatic rings. The van der Waals surface area contributed by atoms with Crippen molar-refractivity contribution in [1.29, 1.82) is 0 Å². The molecule has 0 unspecified atom stereocenters. The topological polar surface area (TPSA) is 86.3 Å². The van der Waals surface area contributed by atoms with Crippen LogP contribution in [0.2, 0.25) is 0 Å². The molecule has 1 amide bonds. The average Bonchev–Trinajstić information content (AvgIpc) is 2.84. The van der Waals surface area contributed by atoms with Gasteiger partial charge in [-0.15, -0.1) is 0 Å². The number of nitrogens with one attached hydrogen (secondary N) is 1. The Balaban J connectivity index is 2.45. The van der Waals surface area contributed by atoms with Gasteiger partial charge in [0, 0.05) is 12.4 Å². The number of aromatic nitrogens is 2. The van der Waals surface area contributed by atoms with E-state index >= 15 is 0 Å². The fourth-order valence-electron chi connectivity index (χ4n) is 1.73. The van der Waals surface area contributed by atoms with Gasteiger partial charge in [0.1, 0.15) is 5.54 Å². The monoisotopic (exact) mass is 261 g/mol. The zero-order chi connectivity index (χ0) is 14.2. The number of fused-ring (bicyclic) bond motifs is 1. The Morgan fingerprint density at radius 2 is 2.05 bits per heavy atom. The molecule has 2 N–H and O–H groups in total. The third-order valence-corrected chi connectivity index (χ3v) is 3.37. The molecule has 6 nitrogen and oxygen atoms in total. The summed E-state index contributed by atoms with van der Waals surface area (Å²) in [6, 6.07) is 5.22. The molecule has 0 radical (unpaired) electrons. The van der Waals surface area contributed by atoms with E-state index in [0.717, 1.165) is 5.39 Å². The Morgan fingerprint density at radius 1 is 1.37 bits per heavy atom. The zero-order valence-corrected chi connectivity index (χ0v) is 11.0. The Hall–Kier alpha value is -2.37. The van der Waals surface area contributed by atoms with Gasteiger partial charge in [-0.05, 0) is 19.9 Å². The molecule has 1 aromatic carbocycles. The molecule has 2 rings (SSSR count). The highest BCUT2D eigenvalue weighted by Crippen LogP contribution is 2.21. The largest absolute Gasteiger partial charge is 0.480 e. The van der Waals surface area contributed by atoms with Gasteiger partial charge in [0.2, 0.25) is 0 Å². The van der Waals surface area contributed by atoms with Gasteiger partial charge in [-0.1, -0.05) is 12.1 Å². The summed E-state index contributed by atoms with van der Waals surface area (Å²) >= 11 is 0. The maximum Gasteiger partial charge on any atom is 0.329 e. The lowest BCUT2D eigenvalue weighted by Gasteiger charge is -2.31. The van der Waals surface area contributed by atoms with Crippen molar-refractivity contribution in [3.8, 4) is 0 Å². The first-order valence-electron chi connectivity index (χ1n) is 5.79. The van der Waals surface area contributed by atoms with Crippen LogP contribution in [0, 0.1) is 0 Å². The molecule has 1 heterocycles. The number of carbonyl (C=O) groups is 2. The minimum Gasteiger partial charge on any atom is -0.480 e. The smallest absolute Gasteiger partial charge is 0.329 e. The molecule has 0 saturated heterocycles. The van der Waals surface area contributed by atoms with Crippen LogP contribution in [-0.4, -0.2) is 44.7 Å². The van der Waals surface area contributed by atoms with E-state index in [1.807, 2.05) is 6.07 Å². The molecule has 2 aromatic rings. The molecule has 0 aliphatic heterocycles. The van der Waals surface area contributed by atoms with Crippen LogP contribution in [0.25, 0.3) is 10.9 Å². The number of amides is 1. The number of carboxylic acid groups (broad SMARTS) is 1. The fourth-order valence-corrected chi connectivity index (χ4v) is 1.73. The maximum atomic E-state index is 12.4. The van der Waals surface area contributed by atoms with Crippen molar-refractivity contribution in [2.24, 2.45) is 0 Å². The first-order valence-corrected chi connectivity index (χ1v) is 5.79. The van der Waals surface area contributed by atoms with Gasteiger partial charge in [0.25, 0.3) is 5.91 Å². The summed E-state index contributed by atoms with van der Waals surface area (Å²) in [4.78, 5) is 24.8.